The maximum Gasteiger partial charge on any atom is 0.225 e. The Morgan fingerprint density at radius 1 is 1.29 bits per heavy atom. The number of unbranched alkanes of at least 4 members (excludes halogenated alkanes) is 1. The number of hydrogen-bond acceptors (Lipinski definition) is 4. The Balaban J connectivity index is 2.65. The van der Waals surface area contributed by atoms with Crippen LogP contribution in [0.5, 0.6) is 0 Å². The van der Waals surface area contributed by atoms with Crippen LogP contribution in [-0.2, 0) is 0 Å². The van der Waals surface area contributed by atoms with E-state index in [1.807, 2.05) is 13.0 Å². The predicted molar refractivity (Wildman–Crippen MR) is 73.5 cm³/mol. The number of aromatic nitrogens is 2. The van der Waals surface area contributed by atoms with Crippen LogP contribution < -0.4 is 10.6 Å². The van der Waals surface area contributed by atoms with Crippen molar-refractivity contribution in [2.45, 2.75) is 53.0 Å². The van der Waals surface area contributed by atoms with Gasteiger partial charge in [-0.2, -0.15) is 4.98 Å². The first-order valence-electron chi connectivity index (χ1n) is 6.51. The van der Waals surface area contributed by atoms with Crippen molar-refractivity contribution in [1.29, 1.82) is 0 Å². The lowest BCUT2D eigenvalue weighted by molar-refractivity contribution is 0.751. The second kappa shape index (κ2) is 7.09. The predicted octanol–water partition coefficient (Wildman–Crippen LogP) is 3.21. The highest BCUT2D eigenvalue weighted by Gasteiger charge is 2.04. The van der Waals surface area contributed by atoms with Crippen molar-refractivity contribution in [2.24, 2.45) is 0 Å². The van der Waals surface area contributed by atoms with Crippen LogP contribution in [0.15, 0.2) is 6.07 Å². The second-order valence-corrected chi connectivity index (χ2v) is 4.45. The highest BCUT2D eigenvalue weighted by atomic mass is 15.1. The summed E-state index contributed by atoms with van der Waals surface area (Å²) in [7, 11) is 0. The lowest BCUT2D eigenvalue weighted by Gasteiger charge is -2.13. The van der Waals surface area contributed by atoms with Crippen molar-refractivity contribution < 1.29 is 0 Å². The van der Waals surface area contributed by atoms with Crippen molar-refractivity contribution in [3.05, 3.63) is 11.8 Å². The lowest BCUT2D eigenvalue weighted by atomic mass is 10.3. The molecule has 0 aliphatic rings. The molecule has 0 radical (unpaired) electrons. The molecular weight excluding hydrogens is 212 g/mol. The van der Waals surface area contributed by atoms with Gasteiger partial charge in [0.05, 0.1) is 0 Å². The fourth-order valence-electron chi connectivity index (χ4n) is 1.44. The van der Waals surface area contributed by atoms with Crippen molar-refractivity contribution >= 4 is 11.8 Å². The van der Waals surface area contributed by atoms with Crippen molar-refractivity contribution in [1.82, 2.24) is 9.97 Å². The molecule has 0 saturated carbocycles. The summed E-state index contributed by atoms with van der Waals surface area (Å²) in [6, 6.07) is 2.39. The number of aryl methyl sites for hydroxylation is 1. The van der Waals surface area contributed by atoms with E-state index in [0.717, 1.165) is 36.8 Å². The molecule has 0 aromatic carbocycles. The second-order valence-electron chi connectivity index (χ2n) is 4.45. The van der Waals surface area contributed by atoms with E-state index >= 15 is 0 Å². The standard InChI is InChI=1S/C13H24N4/c1-5-7-8-14-12-9-11(4)16-13(17-12)15-10(3)6-2/h9-10H,5-8H2,1-4H3,(H2,14,15,16,17). The molecule has 17 heavy (non-hydrogen) atoms. The summed E-state index contributed by atoms with van der Waals surface area (Å²) in [4.78, 5) is 8.85. The van der Waals surface area contributed by atoms with Crippen LogP contribution in [0.25, 0.3) is 0 Å². The Labute approximate surface area is 104 Å². The van der Waals surface area contributed by atoms with Gasteiger partial charge in [0.25, 0.3) is 0 Å². The van der Waals surface area contributed by atoms with Gasteiger partial charge in [-0.05, 0) is 26.7 Å². The molecule has 0 aliphatic carbocycles. The molecule has 96 valence electrons. The van der Waals surface area contributed by atoms with E-state index in [-0.39, 0.29) is 0 Å². The van der Waals surface area contributed by atoms with Crippen LogP contribution in [-0.4, -0.2) is 22.6 Å². The van der Waals surface area contributed by atoms with Crippen LogP contribution in [0.4, 0.5) is 11.8 Å². The first kappa shape index (κ1) is 13.7. The smallest absolute Gasteiger partial charge is 0.225 e. The Hall–Kier alpha value is -1.32. The third-order valence-corrected chi connectivity index (χ3v) is 2.68. The van der Waals surface area contributed by atoms with Crippen LogP contribution in [0, 0.1) is 6.92 Å². The van der Waals surface area contributed by atoms with E-state index in [4.69, 9.17) is 0 Å². The van der Waals surface area contributed by atoms with Gasteiger partial charge in [-0.1, -0.05) is 20.3 Å². The minimum absolute atomic E-state index is 0.403. The first-order chi connectivity index (χ1) is 8.15. The van der Waals surface area contributed by atoms with Gasteiger partial charge >= 0.3 is 0 Å². The molecule has 0 amide bonds. The molecule has 4 heteroatoms. The summed E-state index contributed by atoms with van der Waals surface area (Å²) >= 11 is 0. The minimum atomic E-state index is 0.403. The Bertz CT molecular complexity index is 338. The molecule has 1 aromatic rings. The minimum Gasteiger partial charge on any atom is -0.370 e. The number of nitrogens with one attached hydrogen (secondary N) is 2. The molecule has 1 rings (SSSR count). The molecule has 1 aromatic heterocycles. The first-order valence-corrected chi connectivity index (χ1v) is 6.51. The Kier molecular flexibility index (Phi) is 5.73. The van der Waals surface area contributed by atoms with Gasteiger partial charge < -0.3 is 10.6 Å². The summed E-state index contributed by atoms with van der Waals surface area (Å²) < 4.78 is 0. The average Bonchev–Trinajstić information content (AvgIpc) is 2.28. The number of anilines is 2. The normalized spacial score (nSPS) is 12.2. The molecule has 1 unspecified atom stereocenters. The summed E-state index contributed by atoms with van der Waals surface area (Å²) in [5.41, 5.74) is 0.991. The number of rotatable bonds is 7. The van der Waals surface area contributed by atoms with E-state index in [2.05, 4.69) is 41.4 Å². The zero-order valence-electron chi connectivity index (χ0n) is 11.4. The lowest BCUT2D eigenvalue weighted by Crippen LogP contribution is -2.16. The van der Waals surface area contributed by atoms with Gasteiger partial charge in [0.15, 0.2) is 0 Å². The monoisotopic (exact) mass is 236 g/mol. The van der Waals surface area contributed by atoms with Crippen LogP contribution in [0.3, 0.4) is 0 Å². The third-order valence-electron chi connectivity index (χ3n) is 2.68. The Morgan fingerprint density at radius 2 is 2.06 bits per heavy atom. The van der Waals surface area contributed by atoms with Gasteiger partial charge in [-0.15, -0.1) is 0 Å². The molecule has 4 nitrogen and oxygen atoms in total. The van der Waals surface area contributed by atoms with E-state index < -0.39 is 0 Å². The molecule has 0 saturated heterocycles. The SMILES string of the molecule is CCCCNc1cc(C)nc(NC(C)CC)n1. The van der Waals surface area contributed by atoms with Crippen LogP contribution in [0.2, 0.25) is 0 Å². The molecular formula is C13H24N4. The van der Waals surface area contributed by atoms with Crippen molar-refractivity contribution in [3.63, 3.8) is 0 Å². The summed E-state index contributed by atoms with van der Waals surface area (Å²) in [6.07, 6.45) is 3.42. The highest BCUT2D eigenvalue weighted by Crippen LogP contribution is 2.11. The van der Waals surface area contributed by atoms with Crippen LogP contribution in [0.1, 0.15) is 45.7 Å². The van der Waals surface area contributed by atoms with E-state index in [1.54, 1.807) is 0 Å². The molecule has 1 atom stereocenters. The molecule has 0 spiro atoms. The fraction of sp³-hybridized carbons (Fsp3) is 0.692. The quantitative estimate of drug-likeness (QED) is 0.714. The van der Waals surface area contributed by atoms with E-state index in [1.165, 1.54) is 6.42 Å². The Morgan fingerprint density at radius 3 is 2.71 bits per heavy atom. The van der Waals surface area contributed by atoms with E-state index in [0.29, 0.717) is 6.04 Å². The molecule has 1 heterocycles. The topological polar surface area (TPSA) is 49.8 Å². The number of nitrogens with zero attached hydrogens (tertiary/aromatic N) is 2. The third kappa shape index (κ3) is 5.02. The maximum atomic E-state index is 4.46. The molecule has 0 bridgehead atoms. The summed E-state index contributed by atoms with van der Waals surface area (Å²) in [5.74, 6) is 1.63. The summed E-state index contributed by atoms with van der Waals surface area (Å²) in [6.45, 7) is 9.43. The number of hydrogen-bond donors (Lipinski definition) is 2. The van der Waals surface area contributed by atoms with Gasteiger partial charge in [0.1, 0.15) is 5.82 Å². The van der Waals surface area contributed by atoms with Crippen molar-refractivity contribution in [2.75, 3.05) is 17.2 Å². The maximum absolute atomic E-state index is 4.46. The zero-order chi connectivity index (χ0) is 12.7. The molecule has 0 fully saturated rings. The molecule has 0 aliphatic heterocycles. The molecule has 2 N–H and O–H groups in total. The highest BCUT2D eigenvalue weighted by molar-refractivity contribution is 5.42. The van der Waals surface area contributed by atoms with Crippen LogP contribution >= 0.6 is 0 Å². The van der Waals surface area contributed by atoms with Gasteiger partial charge in [-0.25, -0.2) is 4.98 Å². The summed E-state index contributed by atoms with van der Waals surface area (Å²) in [5, 5.41) is 6.63. The largest absolute Gasteiger partial charge is 0.370 e. The zero-order valence-corrected chi connectivity index (χ0v) is 11.4. The average molecular weight is 236 g/mol. The van der Waals surface area contributed by atoms with Gasteiger partial charge in [-0.3, -0.25) is 0 Å². The van der Waals surface area contributed by atoms with Crippen molar-refractivity contribution in [3.8, 4) is 0 Å². The van der Waals surface area contributed by atoms with Gasteiger partial charge in [0.2, 0.25) is 5.95 Å². The van der Waals surface area contributed by atoms with Gasteiger partial charge in [0, 0.05) is 24.3 Å². The fourth-order valence-corrected chi connectivity index (χ4v) is 1.44. The van der Waals surface area contributed by atoms with E-state index in [9.17, 15) is 0 Å².